The Morgan fingerprint density at radius 2 is 2.00 bits per heavy atom. The van der Waals surface area contributed by atoms with Crippen LogP contribution in [0.5, 0.6) is 0 Å². The molecule has 1 aliphatic heterocycles. The first-order valence-corrected chi connectivity index (χ1v) is 8.40. The Balaban J connectivity index is 2.14. The van der Waals surface area contributed by atoms with Crippen LogP contribution in [-0.2, 0) is 9.84 Å². The van der Waals surface area contributed by atoms with Gasteiger partial charge in [0.15, 0.2) is 9.84 Å². The summed E-state index contributed by atoms with van der Waals surface area (Å²) >= 11 is 0. The Hall–Kier alpha value is -1.07. The molecule has 0 spiro atoms. The average molecular weight is 283 g/mol. The topological polar surface area (TPSA) is 57.6 Å². The van der Waals surface area contributed by atoms with E-state index in [-0.39, 0.29) is 12.4 Å². The summed E-state index contributed by atoms with van der Waals surface area (Å²) in [6.45, 7) is 3.69. The Labute approximate surface area is 115 Å². The van der Waals surface area contributed by atoms with E-state index in [0.29, 0.717) is 10.8 Å². The summed E-state index contributed by atoms with van der Waals surface area (Å²) in [4.78, 5) is 2.60. The van der Waals surface area contributed by atoms with Gasteiger partial charge in [0, 0.05) is 25.4 Å². The summed E-state index contributed by atoms with van der Waals surface area (Å²) in [6.07, 6.45) is 2.13. The van der Waals surface area contributed by atoms with E-state index >= 15 is 0 Å². The molecule has 1 fully saturated rings. The SMILES string of the molecule is CCS(=O)(=O)c1ccc(N2CCCC(CO)C2)cc1. The van der Waals surface area contributed by atoms with Gasteiger partial charge in [-0.15, -0.1) is 0 Å². The zero-order valence-corrected chi connectivity index (χ0v) is 12.1. The van der Waals surface area contributed by atoms with E-state index in [0.717, 1.165) is 31.6 Å². The molecule has 19 heavy (non-hydrogen) atoms. The van der Waals surface area contributed by atoms with Crippen LogP contribution in [0.1, 0.15) is 19.8 Å². The number of hydrogen-bond donors (Lipinski definition) is 1. The van der Waals surface area contributed by atoms with Crippen LogP contribution in [0, 0.1) is 5.92 Å². The van der Waals surface area contributed by atoms with Gasteiger partial charge in [-0.2, -0.15) is 0 Å². The molecule has 1 atom stereocenters. The van der Waals surface area contributed by atoms with E-state index in [2.05, 4.69) is 4.90 Å². The van der Waals surface area contributed by atoms with Gasteiger partial charge in [-0.25, -0.2) is 8.42 Å². The Bertz CT molecular complexity index is 510. The third kappa shape index (κ3) is 3.28. The number of nitrogens with zero attached hydrogens (tertiary/aromatic N) is 1. The molecule has 106 valence electrons. The van der Waals surface area contributed by atoms with Gasteiger partial charge in [0.05, 0.1) is 10.6 Å². The number of benzene rings is 1. The van der Waals surface area contributed by atoms with Crippen molar-refractivity contribution in [1.29, 1.82) is 0 Å². The Morgan fingerprint density at radius 1 is 1.32 bits per heavy atom. The van der Waals surface area contributed by atoms with Gasteiger partial charge >= 0.3 is 0 Å². The maximum absolute atomic E-state index is 11.7. The van der Waals surface area contributed by atoms with E-state index in [9.17, 15) is 13.5 Å². The molecule has 2 rings (SSSR count). The molecule has 1 heterocycles. The molecular weight excluding hydrogens is 262 g/mol. The highest BCUT2D eigenvalue weighted by Gasteiger charge is 2.20. The van der Waals surface area contributed by atoms with Crippen molar-refractivity contribution in [3.8, 4) is 0 Å². The summed E-state index contributed by atoms with van der Waals surface area (Å²) in [6, 6.07) is 7.08. The molecule has 0 aliphatic carbocycles. The number of hydrogen-bond acceptors (Lipinski definition) is 4. The second-order valence-electron chi connectivity index (χ2n) is 5.03. The Morgan fingerprint density at radius 3 is 2.58 bits per heavy atom. The quantitative estimate of drug-likeness (QED) is 0.913. The lowest BCUT2D eigenvalue weighted by Crippen LogP contribution is -2.36. The standard InChI is InChI=1S/C14H21NO3S/c1-2-19(17,18)14-7-5-13(6-8-14)15-9-3-4-12(10-15)11-16/h5-8,12,16H,2-4,9-11H2,1H3. The first-order valence-electron chi connectivity index (χ1n) is 6.75. The van der Waals surface area contributed by atoms with Gasteiger partial charge in [-0.3, -0.25) is 0 Å². The second kappa shape index (κ2) is 5.92. The van der Waals surface area contributed by atoms with Gasteiger partial charge in [0.2, 0.25) is 0 Å². The fourth-order valence-corrected chi connectivity index (χ4v) is 3.36. The molecular formula is C14H21NO3S. The molecule has 4 nitrogen and oxygen atoms in total. The largest absolute Gasteiger partial charge is 0.396 e. The number of aliphatic hydroxyl groups excluding tert-OH is 1. The maximum atomic E-state index is 11.7. The summed E-state index contributed by atoms with van der Waals surface area (Å²) in [5, 5.41) is 9.23. The predicted octanol–water partition coefficient (Wildman–Crippen LogP) is 1.69. The molecule has 0 saturated carbocycles. The highest BCUT2D eigenvalue weighted by molar-refractivity contribution is 7.91. The van der Waals surface area contributed by atoms with Gasteiger partial charge in [-0.1, -0.05) is 6.92 Å². The van der Waals surface area contributed by atoms with Crippen molar-refractivity contribution >= 4 is 15.5 Å². The summed E-state index contributed by atoms with van der Waals surface area (Å²) in [7, 11) is -3.12. The van der Waals surface area contributed by atoms with Gasteiger partial charge < -0.3 is 10.0 Å². The molecule has 5 heteroatoms. The minimum atomic E-state index is -3.12. The first kappa shape index (κ1) is 14.3. The molecule has 0 bridgehead atoms. The molecule has 1 aromatic carbocycles. The number of rotatable bonds is 4. The molecule has 1 saturated heterocycles. The average Bonchev–Trinajstić information content (AvgIpc) is 2.47. The van der Waals surface area contributed by atoms with Gasteiger partial charge in [0.1, 0.15) is 0 Å². The monoisotopic (exact) mass is 283 g/mol. The molecule has 0 aromatic heterocycles. The summed E-state index contributed by atoms with van der Waals surface area (Å²) < 4.78 is 23.5. The van der Waals surface area contributed by atoms with Crippen LogP contribution in [0.3, 0.4) is 0 Å². The highest BCUT2D eigenvalue weighted by atomic mass is 32.2. The minimum Gasteiger partial charge on any atom is -0.396 e. The van der Waals surface area contributed by atoms with E-state index in [4.69, 9.17) is 0 Å². The van der Waals surface area contributed by atoms with Crippen molar-refractivity contribution in [1.82, 2.24) is 0 Å². The normalized spacial score (nSPS) is 20.5. The lowest BCUT2D eigenvalue weighted by molar-refractivity contribution is 0.209. The third-order valence-electron chi connectivity index (χ3n) is 3.72. The van der Waals surface area contributed by atoms with Crippen LogP contribution in [0.15, 0.2) is 29.2 Å². The van der Waals surface area contributed by atoms with Crippen molar-refractivity contribution in [2.45, 2.75) is 24.7 Å². The second-order valence-corrected chi connectivity index (χ2v) is 7.31. The third-order valence-corrected chi connectivity index (χ3v) is 5.47. The van der Waals surface area contributed by atoms with Gasteiger partial charge in [-0.05, 0) is 43.0 Å². The number of sulfone groups is 1. The van der Waals surface area contributed by atoms with E-state index in [1.807, 2.05) is 12.1 Å². The predicted molar refractivity (Wildman–Crippen MR) is 76.2 cm³/mol. The fourth-order valence-electron chi connectivity index (χ4n) is 2.48. The molecule has 1 aliphatic rings. The van der Waals surface area contributed by atoms with Crippen LogP contribution >= 0.6 is 0 Å². The zero-order valence-electron chi connectivity index (χ0n) is 11.2. The molecule has 0 amide bonds. The highest BCUT2D eigenvalue weighted by Crippen LogP contribution is 2.24. The van der Waals surface area contributed by atoms with Crippen molar-refractivity contribution in [2.24, 2.45) is 5.92 Å². The Kier molecular flexibility index (Phi) is 4.47. The van der Waals surface area contributed by atoms with Crippen LogP contribution in [0.25, 0.3) is 0 Å². The number of aliphatic hydroxyl groups is 1. The van der Waals surface area contributed by atoms with Crippen LogP contribution in [0.2, 0.25) is 0 Å². The maximum Gasteiger partial charge on any atom is 0.178 e. The van der Waals surface area contributed by atoms with Crippen LogP contribution in [0.4, 0.5) is 5.69 Å². The lowest BCUT2D eigenvalue weighted by Gasteiger charge is -2.33. The van der Waals surface area contributed by atoms with Crippen molar-refractivity contribution in [3.63, 3.8) is 0 Å². The van der Waals surface area contributed by atoms with Crippen LogP contribution < -0.4 is 4.90 Å². The fraction of sp³-hybridized carbons (Fsp3) is 0.571. The minimum absolute atomic E-state index is 0.128. The first-order chi connectivity index (χ1) is 9.06. The van der Waals surface area contributed by atoms with Gasteiger partial charge in [0.25, 0.3) is 0 Å². The molecule has 0 radical (unpaired) electrons. The summed E-state index contributed by atoms with van der Waals surface area (Å²) in [5.74, 6) is 0.454. The van der Waals surface area contributed by atoms with Crippen molar-refractivity contribution < 1.29 is 13.5 Å². The molecule has 1 N–H and O–H groups in total. The van der Waals surface area contributed by atoms with Crippen molar-refractivity contribution in [3.05, 3.63) is 24.3 Å². The van der Waals surface area contributed by atoms with Crippen molar-refractivity contribution in [2.75, 3.05) is 30.3 Å². The van der Waals surface area contributed by atoms with E-state index in [1.165, 1.54) is 0 Å². The van der Waals surface area contributed by atoms with E-state index < -0.39 is 9.84 Å². The number of anilines is 1. The molecule has 1 aromatic rings. The smallest absolute Gasteiger partial charge is 0.178 e. The summed E-state index contributed by atoms with van der Waals surface area (Å²) in [5.41, 5.74) is 1.04. The number of piperidine rings is 1. The lowest BCUT2D eigenvalue weighted by atomic mass is 9.98. The van der Waals surface area contributed by atoms with E-state index in [1.54, 1.807) is 19.1 Å². The van der Waals surface area contributed by atoms with Crippen LogP contribution in [-0.4, -0.2) is 39.0 Å². The molecule has 1 unspecified atom stereocenters. The zero-order chi connectivity index (χ0) is 13.9.